The number of benzene rings is 2. The highest BCUT2D eigenvalue weighted by molar-refractivity contribution is 7.99. The lowest BCUT2D eigenvalue weighted by Crippen LogP contribution is -2.20. The highest BCUT2D eigenvalue weighted by atomic mass is 32.2. The summed E-state index contributed by atoms with van der Waals surface area (Å²) in [6, 6.07) is 11.6. The second-order valence-electron chi connectivity index (χ2n) is 9.60. The molecule has 0 bridgehead atoms. The number of methoxy groups -OCH3 is 1. The van der Waals surface area contributed by atoms with Crippen LogP contribution < -0.4 is 10.2 Å². The third kappa shape index (κ3) is 7.31. The zero-order chi connectivity index (χ0) is 23.2. The minimum Gasteiger partial charge on any atom is -0.507 e. The number of aromatic hydroxyl groups is 1. The fourth-order valence-corrected chi connectivity index (χ4v) is 3.87. The number of hydrazone groups is 1. The summed E-state index contributed by atoms with van der Waals surface area (Å²) in [5.74, 6) is 1.93. The minimum atomic E-state index is -0.170. The molecule has 2 aromatic rings. The maximum Gasteiger partial charge on any atom is 0.250 e. The van der Waals surface area contributed by atoms with E-state index in [1.165, 1.54) is 11.8 Å². The SMILES string of the molecule is COc1cccc(/C=N/NC(=O)CSCc2cc(C(C)(C)C)c(O)c(C(C)(C)C)c2)c1. The molecule has 0 aliphatic carbocycles. The summed E-state index contributed by atoms with van der Waals surface area (Å²) < 4.78 is 5.18. The van der Waals surface area contributed by atoms with E-state index in [-0.39, 0.29) is 16.7 Å². The highest BCUT2D eigenvalue weighted by Gasteiger charge is 2.26. The second kappa shape index (κ2) is 10.2. The highest BCUT2D eigenvalue weighted by Crippen LogP contribution is 2.40. The molecule has 6 heteroatoms. The first-order chi connectivity index (χ1) is 14.4. The van der Waals surface area contributed by atoms with Crippen LogP contribution in [-0.2, 0) is 21.4 Å². The number of carbonyl (C=O) groups is 1. The summed E-state index contributed by atoms with van der Waals surface area (Å²) in [5, 5.41) is 14.8. The summed E-state index contributed by atoms with van der Waals surface area (Å²) in [4.78, 5) is 12.1. The van der Waals surface area contributed by atoms with Gasteiger partial charge in [0.2, 0.25) is 5.91 Å². The molecule has 0 spiro atoms. The van der Waals surface area contributed by atoms with Crippen LogP contribution in [0.4, 0.5) is 0 Å². The fraction of sp³-hybridized carbons (Fsp3) is 0.440. The summed E-state index contributed by atoms with van der Waals surface area (Å²) in [6.07, 6.45) is 1.59. The Morgan fingerprint density at radius 1 is 1.10 bits per heavy atom. The van der Waals surface area contributed by atoms with Crippen LogP contribution >= 0.6 is 11.8 Å². The van der Waals surface area contributed by atoms with E-state index in [1.807, 2.05) is 24.3 Å². The summed E-state index contributed by atoms with van der Waals surface area (Å²) in [6.45, 7) is 12.6. The first kappa shape index (κ1) is 24.8. The second-order valence-corrected chi connectivity index (χ2v) is 10.6. The number of phenolic OH excluding ortho intramolecular Hbond substituents is 1. The Labute approximate surface area is 190 Å². The number of carbonyl (C=O) groups excluding carboxylic acids is 1. The van der Waals surface area contributed by atoms with Crippen molar-refractivity contribution in [2.24, 2.45) is 5.10 Å². The van der Waals surface area contributed by atoms with Crippen LogP contribution in [0.3, 0.4) is 0 Å². The zero-order valence-electron chi connectivity index (χ0n) is 19.6. The third-order valence-electron chi connectivity index (χ3n) is 4.78. The van der Waals surface area contributed by atoms with Crippen LogP contribution in [0.1, 0.15) is 63.8 Å². The largest absolute Gasteiger partial charge is 0.507 e. The van der Waals surface area contributed by atoms with Crippen molar-refractivity contribution in [3.05, 3.63) is 58.7 Å². The molecular formula is C25H34N2O3S. The summed E-state index contributed by atoms with van der Waals surface area (Å²) in [7, 11) is 1.61. The molecule has 0 aliphatic rings. The number of thioether (sulfide) groups is 1. The van der Waals surface area contributed by atoms with Crippen LogP contribution in [0, 0.1) is 0 Å². The van der Waals surface area contributed by atoms with Crippen molar-refractivity contribution in [3.63, 3.8) is 0 Å². The van der Waals surface area contributed by atoms with Crippen molar-refractivity contribution in [1.82, 2.24) is 5.43 Å². The number of phenols is 1. The third-order valence-corrected chi connectivity index (χ3v) is 5.79. The van der Waals surface area contributed by atoms with Crippen molar-refractivity contribution in [2.75, 3.05) is 12.9 Å². The zero-order valence-corrected chi connectivity index (χ0v) is 20.4. The monoisotopic (exact) mass is 442 g/mol. The van der Waals surface area contributed by atoms with Crippen molar-refractivity contribution in [1.29, 1.82) is 0 Å². The molecule has 2 rings (SSSR count). The van der Waals surface area contributed by atoms with Crippen LogP contribution in [0.15, 0.2) is 41.5 Å². The van der Waals surface area contributed by atoms with Crippen LogP contribution in [0.2, 0.25) is 0 Å². The minimum absolute atomic E-state index is 0.157. The molecule has 1 amide bonds. The Kier molecular flexibility index (Phi) is 8.18. The van der Waals surface area contributed by atoms with Gasteiger partial charge in [0, 0.05) is 5.75 Å². The van der Waals surface area contributed by atoms with Gasteiger partial charge < -0.3 is 9.84 Å². The van der Waals surface area contributed by atoms with Crippen LogP contribution in [0.5, 0.6) is 11.5 Å². The maximum absolute atomic E-state index is 12.1. The van der Waals surface area contributed by atoms with E-state index >= 15 is 0 Å². The molecule has 31 heavy (non-hydrogen) atoms. The molecule has 0 saturated carbocycles. The lowest BCUT2D eigenvalue weighted by molar-refractivity contribution is -0.118. The Bertz CT molecular complexity index is 906. The summed E-state index contributed by atoms with van der Waals surface area (Å²) >= 11 is 1.52. The number of rotatable bonds is 7. The molecule has 168 valence electrons. The molecule has 2 N–H and O–H groups in total. The number of ether oxygens (including phenoxy) is 1. The number of nitrogens with zero attached hydrogens (tertiary/aromatic N) is 1. The van der Waals surface area contributed by atoms with E-state index in [9.17, 15) is 9.90 Å². The van der Waals surface area contributed by atoms with Gasteiger partial charge in [-0.25, -0.2) is 5.43 Å². The van der Waals surface area contributed by atoms with Gasteiger partial charge in [0.1, 0.15) is 11.5 Å². The Hall–Kier alpha value is -2.47. The molecule has 0 atom stereocenters. The van der Waals surface area contributed by atoms with Crippen LogP contribution in [0.25, 0.3) is 0 Å². The predicted octanol–water partition coefficient (Wildman–Crippen LogP) is 5.38. The Morgan fingerprint density at radius 3 is 2.26 bits per heavy atom. The van der Waals surface area contributed by atoms with E-state index in [0.29, 0.717) is 17.3 Å². The van der Waals surface area contributed by atoms with E-state index < -0.39 is 0 Å². The van der Waals surface area contributed by atoms with Crippen molar-refractivity contribution in [3.8, 4) is 11.5 Å². The van der Waals surface area contributed by atoms with Crippen molar-refractivity contribution in [2.45, 2.75) is 58.1 Å². The number of nitrogens with one attached hydrogen (secondary N) is 1. The number of hydrogen-bond donors (Lipinski definition) is 2. The van der Waals surface area contributed by atoms with Gasteiger partial charge in [0.05, 0.1) is 19.1 Å². The normalized spacial score (nSPS) is 12.2. The topological polar surface area (TPSA) is 70.9 Å². The molecular weight excluding hydrogens is 408 g/mol. The predicted molar refractivity (Wildman–Crippen MR) is 130 cm³/mol. The molecule has 0 aromatic heterocycles. The molecule has 2 aromatic carbocycles. The van der Waals surface area contributed by atoms with Gasteiger partial charge in [-0.05, 0) is 45.2 Å². The molecule has 0 aliphatic heterocycles. The maximum atomic E-state index is 12.1. The molecule has 0 radical (unpaired) electrons. The van der Waals surface area contributed by atoms with Gasteiger partial charge in [-0.1, -0.05) is 65.8 Å². The van der Waals surface area contributed by atoms with Crippen molar-refractivity contribution < 1.29 is 14.6 Å². The number of amides is 1. The van der Waals surface area contributed by atoms with Gasteiger partial charge in [-0.15, -0.1) is 11.8 Å². The van der Waals surface area contributed by atoms with E-state index in [1.54, 1.807) is 13.3 Å². The first-order valence-electron chi connectivity index (χ1n) is 10.3. The molecule has 0 unspecified atom stereocenters. The van der Waals surface area contributed by atoms with Gasteiger partial charge in [0.25, 0.3) is 0 Å². The van der Waals surface area contributed by atoms with Gasteiger partial charge in [-0.3, -0.25) is 4.79 Å². The molecule has 0 fully saturated rings. The Morgan fingerprint density at radius 2 is 1.71 bits per heavy atom. The average Bonchev–Trinajstić information content (AvgIpc) is 2.67. The smallest absolute Gasteiger partial charge is 0.250 e. The standard InChI is InChI=1S/C25H34N2O3S/c1-24(2,3)20-12-18(13-21(23(20)29)25(4,5)6)15-31-16-22(28)27-26-14-17-9-8-10-19(11-17)30-7/h8-14,29H,15-16H2,1-7H3,(H,27,28)/b26-14+. The van der Waals surface area contributed by atoms with E-state index in [0.717, 1.165) is 28.0 Å². The molecule has 0 saturated heterocycles. The lowest BCUT2D eigenvalue weighted by Gasteiger charge is -2.28. The van der Waals surface area contributed by atoms with E-state index in [2.05, 4.69) is 64.2 Å². The molecule has 5 nitrogen and oxygen atoms in total. The fourth-order valence-electron chi connectivity index (χ4n) is 3.12. The van der Waals surface area contributed by atoms with Crippen molar-refractivity contribution >= 4 is 23.9 Å². The number of hydrogen-bond acceptors (Lipinski definition) is 5. The van der Waals surface area contributed by atoms with Gasteiger partial charge in [0.15, 0.2) is 0 Å². The summed E-state index contributed by atoms with van der Waals surface area (Å²) in [5.41, 5.74) is 6.04. The Balaban J connectivity index is 1.99. The average molecular weight is 443 g/mol. The van der Waals surface area contributed by atoms with Crippen LogP contribution in [-0.4, -0.2) is 30.1 Å². The van der Waals surface area contributed by atoms with Gasteiger partial charge in [-0.2, -0.15) is 5.10 Å². The van der Waals surface area contributed by atoms with E-state index in [4.69, 9.17) is 4.74 Å². The first-order valence-corrected chi connectivity index (χ1v) is 11.5. The molecule has 0 heterocycles. The lowest BCUT2D eigenvalue weighted by atomic mass is 9.78. The quantitative estimate of drug-likeness (QED) is 0.446. The van der Waals surface area contributed by atoms with Gasteiger partial charge >= 0.3 is 0 Å².